The Hall–Kier alpha value is -2.68. The van der Waals surface area contributed by atoms with Crippen molar-refractivity contribution in [3.63, 3.8) is 0 Å². The van der Waals surface area contributed by atoms with E-state index in [4.69, 9.17) is 5.73 Å². The molecule has 1 nitrogen and oxygen atoms in total. The summed E-state index contributed by atoms with van der Waals surface area (Å²) < 4.78 is 1.08. The smallest absolute Gasteiger partial charge is 0.0714 e. The average Bonchev–Trinajstić information content (AvgIpc) is 3.05. The Morgan fingerprint density at radius 3 is 1.82 bits per heavy atom. The zero-order valence-electron chi connectivity index (χ0n) is 15.4. The van der Waals surface area contributed by atoms with Crippen molar-refractivity contribution in [1.29, 1.82) is 0 Å². The highest BCUT2D eigenvalue weighted by Gasteiger charge is 2.45. The molecule has 0 saturated heterocycles. The van der Waals surface area contributed by atoms with Crippen LogP contribution in [0.1, 0.15) is 27.8 Å². The Bertz CT molecular complexity index is 1130. The van der Waals surface area contributed by atoms with Crippen molar-refractivity contribution >= 4 is 15.9 Å². The van der Waals surface area contributed by atoms with Crippen LogP contribution in [0.2, 0.25) is 0 Å². The third-order valence-electron chi connectivity index (χ3n) is 5.81. The predicted molar refractivity (Wildman–Crippen MR) is 119 cm³/mol. The van der Waals surface area contributed by atoms with E-state index in [0.29, 0.717) is 6.54 Å². The summed E-state index contributed by atoms with van der Waals surface area (Å²) in [5.74, 6) is 0. The van der Waals surface area contributed by atoms with E-state index in [1.165, 1.54) is 33.4 Å². The Kier molecular flexibility index (Phi) is 4.19. The Morgan fingerprint density at radius 2 is 1.21 bits per heavy atom. The molecule has 0 spiro atoms. The lowest BCUT2D eigenvalue weighted by Crippen LogP contribution is -2.28. The minimum Gasteiger partial charge on any atom is -0.326 e. The van der Waals surface area contributed by atoms with Crippen LogP contribution in [0.5, 0.6) is 0 Å². The van der Waals surface area contributed by atoms with E-state index in [1.54, 1.807) is 0 Å². The second kappa shape index (κ2) is 6.73. The van der Waals surface area contributed by atoms with Crippen molar-refractivity contribution in [2.45, 2.75) is 12.0 Å². The van der Waals surface area contributed by atoms with Crippen LogP contribution >= 0.6 is 15.9 Å². The zero-order valence-corrected chi connectivity index (χ0v) is 17.0. The van der Waals surface area contributed by atoms with E-state index in [2.05, 4.69) is 113 Å². The number of hydrogen-bond acceptors (Lipinski definition) is 1. The topological polar surface area (TPSA) is 26.0 Å². The summed E-state index contributed by atoms with van der Waals surface area (Å²) in [6.07, 6.45) is 0. The van der Waals surface area contributed by atoms with Gasteiger partial charge in [0.25, 0.3) is 0 Å². The molecule has 2 heteroatoms. The summed E-state index contributed by atoms with van der Waals surface area (Å²) in [6, 6.07) is 35.0. The van der Waals surface area contributed by atoms with Gasteiger partial charge in [-0.25, -0.2) is 0 Å². The van der Waals surface area contributed by atoms with Crippen molar-refractivity contribution in [2.24, 2.45) is 5.73 Å². The number of nitrogens with two attached hydrogens (primary N) is 1. The van der Waals surface area contributed by atoms with Crippen LogP contribution in [-0.2, 0) is 12.0 Å². The third kappa shape index (κ3) is 2.42. The van der Waals surface area contributed by atoms with Crippen LogP contribution in [0.3, 0.4) is 0 Å². The number of rotatable bonds is 3. The Labute approximate surface area is 174 Å². The molecule has 4 aromatic rings. The molecular weight excluding hydrogens is 406 g/mol. The highest BCUT2D eigenvalue weighted by atomic mass is 79.9. The normalized spacial score (nSPS) is 13.8. The molecule has 0 aliphatic heterocycles. The van der Waals surface area contributed by atoms with Crippen LogP contribution in [0.15, 0.2) is 102 Å². The van der Waals surface area contributed by atoms with Gasteiger partial charge in [0.1, 0.15) is 0 Å². The lowest BCUT2D eigenvalue weighted by atomic mass is 9.67. The monoisotopic (exact) mass is 425 g/mol. The van der Waals surface area contributed by atoms with Gasteiger partial charge >= 0.3 is 0 Å². The number of fused-ring (bicyclic) bond motifs is 3. The number of halogens is 1. The fourth-order valence-corrected chi connectivity index (χ4v) is 5.08. The molecule has 28 heavy (non-hydrogen) atoms. The summed E-state index contributed by atoms with van der Waals surface area (Å²) in [5.41, 5.74) is 14.6. The van der Waals surface area contributed by atoms with Gasteiger partial charge in [-0.15, -0.1) is 0 Å². The quantitative estimate of drug-likeness (QED) is 0.362. The summed E-state index contributed by atoms with van der Waals surface area (Å²) in [5, 5.41) is 0. The molecule has 0 atom stereocenters. The molecule has 0 unspecified atom stereocenters. The van der Waals surface area contributed by atoms with Gasteiger partial charge in [-0.3, -0.25) is 0 Å². The van der Waals surface area contributed by atoms with Crippen LogP contribution in [-0.4, -0.2) is 0 Å². The minimum absolute atomic E-state index is 0.359. The molecular formula is C26H20BrN. The molecule has 0 amide bonds. The molecule has 0 heterocycles. The Balaban J connectivity index is 1.96. The minimum atomic E-state index is -0.359. The molecule has 5 rings (SSSR count). The maximum absolute atomic E-state index is 6.01. The second-order valence-electron chi connectivity index (χ2n) is 7.26. The van der Waals surface area contributed by atoms with E-state index in [1.807, 2.05) is 0 Å². The van der Waals surface area contributed by atoms with Crippen molar-refractivity contribution in [3.8, 4) is 11.1 Å². The van der Waals surface area contributed by atoms with Crippen LogP contribution in [0.4, 0.5) is 0 Å². The SMILES string of the molecule is NCc1cccc(C2(c3cccc(Br)c3)c3ccccc3-c3ccccc32)c1. The van der Waals surface area contributed by atoms with Crippen molar-refractivity contribution in [3.05, 3.63) is 129 Å². The highest BCUT2D eigenvalue weighted by molar-refractivity contribution is 9.10. The summed E-state index contributed by atoms with van der Waals surface area (Å²) in [7, 11) is 0. The fourth-order valence-electron chi connectivity index (χ4n) is 4.68. The number of hydrogen-bond donors (Lipinski definition) is 1. The van der Waals surface area contributed by atoms with Crippen molar-refractivity contribution < 1.29 is 0 Å². The van der Waals surface area contributed by atoms with Crippen LogP contribution in [0, 0.1) is 0 Å². The van der Waals surface area contributed by atoms with Crippen LogP contribution in [0.25, 0.3) is 11.1 Å². The largest absolute Gasteiger partial charge is 0.326 e. The molecule has 0 aromatic heterocycles. The van der Waals surface area contributed by atoms with Crippen molar-refractivity contribution in [2.75, 3.05) is 0 Å². The molecule has 1 aliphatic carbocycles. The molecule has 4 aromatic carbocycles. The van der Waals surface area contributed by atoms with E-state index in [9.17, 15) is 0 Å². The lowest BCUT2D eigenvalue weighted by molar-refractivity contribution is 0.765. The summed E-state index contributed by atoms with van der Waals surface area (Å²) >= 11 is 3.69. The maximum atomic E-state index is 6.01. The third-order valence-corrected chi connectivity index (χ3v) is 6.30. The first kappa shape index (κ1) is 17.4. The first-order valence-corrected chi connectivity index (χ1v) is 10.3. The molecule has 0 saturated carbocycles. The second-order valence-corrected chi connectivity index (χ2v) is 8.17. The van der Waals surface area contributed by atoms with Gasteiger partial charge in [-0.2, -0.15) is 0 Å². The van der Waals surface area contributed by atoms with Gasteiger partial charge in [0.15, 0.2) is 0 Å². The predicted octanol–water partition coefficient (Wildman–Crippen LogP) is 6.27. The molecule has 1 aliphatic rings. The first-order chi connectivity index (χ1) is 13.7. The number of benzene rings is 4. The molecule has 0 radical (unpaired) electrons. The molecule has 0 bridgehead atoms. The van der Waals surface area contributed by atoms with E-state index >= 15 is 0 Å². The summed E-state index contributed by atoms with van der Waals surface area (Å²) in [4.78, 5) is 0. The van der Waals surface area contributed by atoms with Crippen LogP contribution < -0.4 is 5.73 Å². The lowest BCUT2D eigenvalue weighted by Gasteiger charge is -2.34. The van der Waals surface area contributed by atoms with Gasteiger partial charge in [0.2, 0.25) is 0 Å². The fraction of sp³-hybridized carbons (Fsp3) is 0.0769. The zero-order chi connectivity index (χ0) is 19.1. The average molecular weight is 426 g/mol. The molecule has 136 valence electrons. The Morgan fingerprint density at radius 1 is 0.643 bits per heavy atom. The van der Waals surface area contributed by atoms with E-state index in [0.717, 1.165) is 10.0 Å². The maximum Gasteiger partial charge on any atom is 0.0714 e. The van der Waals surface area contributed by atoms with Gasteiger partial charge in [-0.1, -0.05) is 101 Å². The molecule has 0 fully saturated rings. The summed E-state index contributed by atoms with van der Waals surface area (Å²) in [6.45, 7) is 0.533. The standard InChI is InChI=1S/C26H20BrN/c27-21-10-6-9-20(16-21)26(19-8-5-7-18(15-19)17-28)24-13-3-1-11-22(24)23-12-2-4-14-25(23)26/h1-16H,17,28H2. The first-order valence-electron chi connectivity index (χ1n) is 9.50. The van der Waals surface area contributed by atoms with Gasteiger partial charge in [0, 0.05) is 11.0 Å². The van der Waals surface area contributed by atoms with E-state index in [-0.39, 0.29) is 5.41 Å². The molecule has 2 N–H and O–H groups in total. The van der Waals surface area contributed by atoms with Gasteiger partial charge in [-0.05, 0) is 51.1 Å². The van der Waals surface area contributed by atoms with Gasteiger partial charge in [0.05, 0.1) is 5.41 Å². The van der Waals surface area contributed by atoms with Crippen molar-refractivity contribution in [1.82, 2.24) is 0 Å². The highest BCUT2D eigenvalue weighted by Crippen LogP contribution is 2.56. The van der Waals surface area contributed by atoms with Gasteiger partial charge < -0.3 is 5.73 Å². The van der Waals surface area contributed by atoms with E-state index < -0.39 is 0 Å².